The molecule has 12 rings (SSSR count). The second-order valence-corrected chi connectivity index (χ2v) is 33.6. The number of hydrogen-bond acceptors (Lipinski definition) is 0. The van der Waals surface area contributed by atoms with Crippen LogP contribution in [0.4, 0.5) is 0 Å². The molecule has 0 aromatic heterocycles. The summed E-state index contributed by atoms with van der Waals surface area (Å²) in [5, 5.41) is 8.71. The zero-order chi connectivity index (χ0) is 53.8. The van der Waals surface area contributed by atoms with Gasteiger partial charge < -0.3 is 0 Å². The molecule has 0 atom stereocenters. The molecular weight excluding hydrogens is 997 g/mol. The van der Waals surface area contributed by atoms with E-state index in [-0.39, 0.29) is 0 Å². The summed E-state index contributed by atoms with van der Waals surface area (Å²) in [5.74, 6) is 0. The van der Waals surface area contributed by atoms with Crippen molar-refractivity contribution in [3.8, 4) is 0 Å². The molecule has 0 aliphatic carbocycles. The molecule has 0 unspecified atom stereocenters. The molecule has 2 aliphatic heterocycles. The molecular formula is C76H64Si3. The minimum absolute atomic E-state index is 1.24. The third-order valence-electron chi connectivity index (χ3n) is 16.3. The summed E-state index contributed by atoms with van der Waals surface area (Å²) in [4.78, 5) is 0. The lowest BCUT2D eigenvalue weighted by molar-refractivity contribution is 1.58. The normalized spacial score (nSPS) is 15.5. The Kier molecular flexibility index (Phi) is 14.2. The van der Waals surface area contributed by atoms with Crippen molar-refractivity contribution in [3.63, 3.8) is 0 Å². The van der Waals surface area contributed by atoms with E-state index < -0.39 is 24.2 Å². The monoisotopic (exact) mass is 1060 g/mol. The fraction of sp³-hybridized carbons (Fsp3) is 0.0526. The number of hydrogen-bond donors (Lipinski definition) is 0. The molecule has 0 bridgehead atoms. The van der Waals surface area contributed by atoms with Crippen LogP contribution in [0, 0.1) is 0 Å². The molecule has 0 spiro atoms. The van der Waals surface area contributed by atoms with E-state index in [2.05, 4.69) is 341 Å². The maximum absolute atomic E-state index is 3.10. The third kappa shape index (κ3) is 9.55. The van der Waals surface area contributed by atoms with Crippen LogP contribution in [0.15, 0.2) is 315 Å². The predicted molar refractivity (Wildman–Crippen MR) is 348 cm³/mol. The van der Waals surface area contributed by atoms with Gasteiger partial charge in [-0.1, -0.05) is 341 Å². The molecule has 380 valence electrons. The Morgan fingerprint density at radius 3 is 0.595 bits per heavy atom. The SMILES string of the molecule is C[Si](C)(/C=C(\c1ccccc1)[Si]1(C)C(c2ccccc2)=C(c2ccccc2)C(c2ccccc2)=C1c1ccccc1)/C=C(\c1ccccc1)[Si]1(C)C(c2ccccc2)=C(c2ccccc2)C(c2ccccc2)=C1c1ccccc1. The molecule has 0 nitrogen and oxygen atoms in total. The van der Waals surface area contributed by atoms with E-state index >= 15 is 0 Å². The maximum atomic E-state index is 2.85. The van der Waals surface area contributed by atoms with Gasteiger partial charge in [0.2, 0.25) is 0 Å². The molecule has 0 amide bonds. The molecule has 0 saturated carbocycles. The molecule has 10 aromatic carbocycles. The second-order valence-electron chi connectivity index (χ2n) is 21.8. The van der Waals surface area contributed by atoms with Gasteiger partial charge in [0.1, 0.15) is 16.1 Å². The van der Waals surface area contributed by atoms with E-state index in [1.807, 2.05) is 0 Å². The van der Waals surface area contributed by atoms with Gasteiger partial charge in [-0.05, 0) is 109 Å². The topological polar surface area (TPSA) is 0 Å². The van der Waals surface area contributed by atoms with Gasteiger partial charge in [0.15, 0.2) is 0 Å². The molecule has 2 aliphatic rings. The molecule has 0 fully saturated rings. The first-order valence-electron chi connectivity index (χ1n) is 27.8. The summed E-state index contributed by atoms with van der Waals surface area (Å²) in [6.45, 7) is 10.6. The van der Waals surface area contributed by atoms with Crippen molar-refractivity contribution in [1.29, 1.82) is 0 Å². The van der Waals surface area contributed by atoms with Crippen molar-refractivity contribution in [1.82, 2.24) is 0 Å². The van der Waals surface area contributed by atoms with E-state index in [1.165, 1.54) is 109 Å². The smallest absolute Gasteiger partial charge is 0.0901 e. The van der Waals surface area contributed by atoms with Gasteiger partial charge in [-0.2, -0.15) is 0 Å². The maximum Gasteiger partial charge on any atom is 0.148 e. The first kappa shape index (κ1) is 51.1. The number of allylic oxidation sites excluding steroid dienone is 4. The van der Waals surface area contributed by atoms with E-state index in [0.29, 0.717) is 0 Å². The molecule has 2 heterocycles. The average Bonchev–Trinajstić information content (AvgIpc) is 3.62. The van der Waals surface area contributed by atoms with Gasteiger partial charge >= 0.3 is 0 Å². The Labute approximate surface area is 471 Å². The Morgan fingerprint density at radius 1 is 0.241 bits per heavy atom. The number of benzene rings is 10. The van der Waals surface area contributed by atoms with Crippen LogP contribution in [0.1, 0.15) is 55.6 Å². The summed E-state index contributed by atoms with van der Waals surface area (Å²) in [5.41, 5.74) is 23.7. The van der Waals surface area contributed by atoms with Gasteiger partial charge in [-0.25, -0.2) is 0 Å². The minimum Gasteiger partial charge on any atom is -0.0901 e. The summed E-state index contributed by atoms with van der Waals surface area (Å²) < 4.78 is 0. The molecule has 0 N–H and O–H groups in total. The molecule has 0 radical (unpaired) electrons. The van der Waals surface area contributed by atoms with Crippen LogP contribution in [0.25, 0.3) is 53.5 Å². The van der Waals surface area contributed by atoms with E-state index in [4.69, 9.17) is 0 Å². The summed E-state index contributed by atoms with van der Waals surface area (Å²) in [6.07, 6.45) is 0. The number of rotatable bonds is 14. The lowest BCUT2D eigenvalue weighted by Crippen LogP contribution is -2.39. The van der Waals surface area contributed by atoms with E-state index in [9.17, 15) is 0 Å². The van der Waals surface area contributed by atoms with Crippen molar-refractivity contribution in [3.05, 3.63) is 370 Å². The van der Waals surface area contributed by atoms with Crippen molar-refractivity contribution >= 4 is 77.7 Å². The van der Waals surface area contributed by atoms with Crippen molar-refractivity contribution in [2.75, 3.05) is 0 Å². The highest BCUT2D eigenvalue weighted by atomic mass is 28.3. The van der Waals surface area contributed by atoms with Gasteiger partial charge in [0.25, 0.3) is 0 Å². The zero-order valence-electron chi connectivity index (χ0n) is 45.5. The second kappa shape index (κ2) is 22.0. The lowest BCUT2D eigenvalue weighted by Gasteiger charge is -2.37. The first-order chi connectivity index (χ1) is 38.8. The quantitative estimate of drug-likeness (QED) is 0.0952. The van der Waals surface area contributed by atoms with Crippen LogP contribution in [-0.4, -0.2) is 24.2 Å². The zero-order valence-corrected chi connectivity index (χ0v) is 48.5. The van der Waals surface area contributed by atoms with Crippen molar-refractivity contribution in [2.24, 2.45) is 0 Å². The Balaban J connectivity index is 1.22. The Bertz CT molecular complexity index is 3490. The molecule has 10 aromatic rings. The average molecular weight is 1060 g/mol. The lowest BCUT2D eigenvalue weighted by atomic mass is 9.89. The van der Waals surface area contributed by atoms with Gasteiger partial charge in [0.05, 0.1) is 8.07 Å². The van der Waals surface area contributed by atoms with Gasteiger partial charge in [0, 0.05) is 0 Å². The van der Waals surface area contributed by atoms with Crippen LogP contribution in [-0.2, 0) is 0 Å². The van der Waals surface area contributed by atoms with Gasteiger partial charge in [-0.15, -0.1) is 0 Å². The fourth-order valence-electron chi connectivity index (χ4n) is 13.1. The van der Waals surface area contributed by atoms with Crippen LogP contribution in [0.3, 0.4) is 0 Å². The molecule has 0 saturated heterocycles. The summed E-state index contributed by atoms with van der Waals surface area (Å²) >= 11 is 0. The highest BCUT2D eigenvalue weighted by Crippen LogP contribution is 2.62. The largest absolute Gasteiger partial charge is 0.148 e. The summed E-state index contributed by atoms with van der Waals surface area (Å²) in [7, 11) is -8.90. The van der Waals surface area contributed by atoms with Crippen LogP contribution < -0.4 is 0 Å². The van der Waals surface area contributed by atoms with Crippen LogP contribution in [0.5, 0.6) is 0 Å². The molecule has 3 heteroatoms. The highest BCUT2D eigenvalue weighted by Gasteiger charge is 2.52. The first-order valence-corrected chi connectivity index (χ1v) is 35.9. The Hall–Kier alpha value is -8.71. The predicted octanol–water partition coefficient (Wildman–Crippen LogP) is 19.8. The van der Waals surface area contributed by atoms with Crippen LogP contribution in [0.2, 0.25) is 26.2 Å². The highest BCUT2D eigenvalue weighted by molar-refractivity contribution is 7.26. The summed E-state index contributed by atoms with van der Waals surface area (Å²) in [6, 6.07) is 113. The minimum atomic E-state index is -3.10. The Morgan fingerprint density at radius 2 is 0.405 bits per heavy atom. The van der Waals surface area contributed by atoms with E-state index in [1.54, 1.807) is 0 Å². The van der Waals surface area contributed by atoms with Crippen LogP contribution >= 0.6 is 0 Å². The van der Waals surface area contributed by atoms with Crippen molar-refractivity contribution < 1.29 is 0 Å². The standard InChI is InChI=1S/C76H64Si3/c1-77(2,55-67(57-35-15-5-16-36-57)78(3)73(63-47-27-11-28-48-63)69(59-39-19-7-20-40-59)70(60-41-21-8-22-42-60)74(78)64-49-29-12-30-50-64)56-68(58-37-17-6-18-38-58)79(4)75(65-51-31-13-32-52-65)71(61-43-23-9-24-44-61)72(62-45-25-10-26-46-62)76(79)66-53-33-14-34-54-66/h5-56H,1-4H3/b67-55+,68-56+. The van der Waals surface area contributed by atoms with Gasteiger partial charge in [-0.3, -0.25) is 0 Å². The molecule has 79 heavy (non-hydrogen) atoms. The fourth-order valence-corrected chi connectivity index (χ4v) is 28.6. The third-order valence-corrected chi connectivity index (χ3v) is 28.1. The van der Waals surface area contributed by atoms with E-state index in [0.717, 1.165) is 0 Å². The van der Waals surface area contributed by atoms with Crippen molar-refractivity contribution in [2.45, 2.75) is 26.2 Å².